The van der Waals surface area contributed by atoms with Crippen molar-refractivity contribution in [2.75, 3.05) is 26.0 Å². The molecule has 8 heteroatoms. The molecular formula is C24H21N3O3S2. The van der Waals surface area contributed by atoms with Crippen LogP contribution in [0.4, 0.5) is 5.00 Å². The number of hydrogen-bond donors (Lipinski definition) is 1. The second kappa shape index (κ2) is 8.46. The molecule has 162 valence electrons. The maximum absolute atomic E-state index is 13.5. The van der Waals surface area contributed by atoms with E-state index in [4.69, 9.17) is 9.72 Å². The van der Waals surface area contributed by atoms with Crippen LogP contribution in [0.2, 0.25) is 0 Å². The first-order valence-corrected chi connectivity index (χ1v) is 11.9. The fraction of sp³-hybridized carbons (Fsp3) is 0.208. The van der Waals surface area contributed by atoms with Crippen molar-refractivity contribution in [3.05, 3.63) is 69.4 Å². The van der Waals surface area contributed by atoms with E-state index in [2.05, 4.69) is 10.2 Å². The Hall–Kier alpha value is -3.07. The van der Waals surface area contributed by atoms with Crippen molar-refractivity contribution in [3.8, 4) is 10.6 Å². The van der Waals surface area contributed by atoms with Crippen LogP contribution in [0, 0.1) is 0 Å². The number of thiophene rings is 2. The molecule has 3 aromatic heterocycles. The normalized spacial score (nSPS) is 13.7. The van der Waals surface area contributed by atoms with Gasteiger partial charge in [0, 0.05) is 23.4 Å². The SMILES string of the molecule is COC(=O)c1c(NC(=O)c2cc(-c3cccs3)nc3ccccc23)sc2c1CCN(C)C2. The number of amides is 1. The van der Waals surface area contributed by atoms with Gasteiger partial charge in [0.25, 0.3) is 5.91 Å². The number of ether oxygens (including phenoxy) is 1. The van der Waals surface area contributed by atoms with E-state index in [1.54, 1.807) is 11.3 Å². The van der Waals surface area contributed by atoms with Gasteiger partial charge in [0.2, 0.25) is 0 Å². The molecule has 0 aliphatic carbocycles. The number of anilines is 1. The topological polar surface area (TPSA) is 71.5 Å². The maximum Gasteiger partial charge on any atom is 0.341 e. The molecule has 0 radical (unpaired) electrons. The predicted octanol–water partition coefficient (Wildman–Crippen LogP) is 5.05. The molecule has 1 aliphatic heterocycles. The third kappa shape index (κ3) is 3.70. The second-order valence-corrected chi connectivity index (χ2v) is 9.74. The largest absolute Gasteiger partial charge is 0.465 e. The number of nitrogens with zero attached hydrogens (tertiary/aromatic N) is 2. The Morgan fingerprint density at radius 1 is 1.19 bits per heavy atom. The lowest BCUT2D eigenvalue weighted by Crippen LogP contribution is -2.26. The van der Waals surface area contributed by atoms with Crippen LogP contribution in [0.15, 0.2) is 47.8 Å². The van der Waals surface area contributed by atoms with Crippen molar-refractivity contribution in [3.63, 3.8) is 0 Å². The zero-order chi connectivity index (χ0) is 22.2. The average Bonchev–Trinajstić information content (AvgIpc) is 3.45. The van der Waals surface area contributed by atoms with E-state index in [1.165, 1.54) is 18.4 Å². The van der Waals surface area contributed by atoms with E-state index in [0.717, 1.165) is 51.4 Å². The van der Waals surface area contributed by atoms with Gasteiger partial charge in [0.05, 0.1) is 34.3 Å². The summed E-state index contributed by atoms with van der Waals surface area (Å²) in [6.07, 6.45) is 0.753. The van der Waals surface area contributed by atoms with Crippen LogP contribution in [0.5, 0.6) is 0 Å². The van der Waals surface area contributed by atoms with Gasteiger partial charge >= 0.3 is 5.97 Å². The number of pyridine rings is 1. The summed E-state index contributed by atoms with van der Waals surface area (Å²) in [4.78, 5) is 35.1. The highest BCUT2D eigenvalue weighted by Crippen LogP contribution is 2.38. The van der Waals surface area contributed by atoms with E-state index in [0.29, 0.717) is 16.1 Å². The molecule has 0 atom stereocenters. The summed E-state index contributed by atoms with van der Waals surface area (Å²) in [7, 11) is 3.42. The predicted molar refractivity (Wildman–Crippen MR) is 129 cm³/mol. The maximum atomic E-state index is 13.5. The Kier molecular flexibility index (Phi) is 5.50. The van der Waals surface area contributed by atoms with Gasteiger partial charge in [-0.2, -0.15) is 0 Å². The molecule has 1 aliphatic rings. The number of carbonyl (C=O) groups excluding carboxylic acids is 2. The fourth-order valence-electron chi connectivity index (χ4n) is 4.02. The molecule has 0 unspecified atom stereocenters. The van der Waals surface area contributed by atoms with E-state index in [-0.39, 0.29) is 5.91 Å². The molecule has 4 aromatic rings. The summed E-state index contributed by atoms with van der Waals surface area (Å²) in [5.41, 5.74) is 3.49. The number of esters is 1. The molecule has 6 nitrogen and oxygen atoms in total. The van der Waals surface area contributed by atoms with E-state index >= 15 is 0 Å². The van der Waals surface area contributed by atoms with Crippen molar-refractivity contribution >= 4 is 50.5 Å². The second-order valence-electron chi connectivity index (χ2n) is 7.69. The fourth-order valence-corrected chi connectivity index (χ4v) is 6.02. The molecule has 0 saturated carbocycles. The van der Waals surface area contributed by atoms with Crippen molar-refractivity contribution in [2.45, 2.75) is 13.0 Å². The number of hydrogen-bond acceptors (Lipinski definition) is 7. The van der Waals surface area contributed by atoms with Crippen LogP contribution in [0.3, 0.4) is 0 Å². The summed E-state index contributed by atoms with van der Waals surface area (Å²) < 4.78 is 5.05. The van der Waals surface area contributed by atoms with Gasteiger partial charge < -0.3 is 15.0 Å². The number of carbonyl (C=O) groups is 2. The molecule has 32 heavy (non-hydrogen) atoms. The van der Waals surface area contributed by atoms with Crippen molar-refractivity contribution in [1.82, 2.24) is 9.88 Å². The highest BCUT2D eigenvalue weighted by molar-refractivity contribution is 7.17. The molecule has 0 fully saturated rings. The molecule has 5 rings (SSSR count). The number of likely N-dealkylation sites (N-methyl/N-ethyl adjacent to an activating group) is 1. The minimum absolute atomic E-state index is 0.265. The summed E-state index contributed by atoms with van der Waals surface area (Å²) in [6, 6.07) is 13.4. The molecule has 1 aromatic carbocycles. The molecule has 1 N–H and O–H groups in total. The molecule has 0 spiro atoms. The molecule has 0 saturated heterocycles. The third-order valence-corrected chi connectivity index (χ3v) is 7.62. The molecular weight excluding hydrogens is 442 g/mol. The minimum atomic E-state index is -0.416. The zero-order valence-corrected chi connectivity index (χ0v) is 19.3. The van der Waals surface area contributed by atoms with Crippen LogP contribution in [-0.4, -0.2) is 42.5 Å². The Labute approximate surface area is 193 Å². The van der Waals surface area contributed by atoms with Crippen LogP contribution in [0.1, 0.15) is 31.2 Å². The van der Waals surface area contributed by atoms with Gasteiger partial charge in [-0.05, 0) is 42.6 Å². The summed E-state index contributed by atoms with van der Waals surface area (Å²) in [6.45, 7) is 1.61. The van der Waals surface area contributed by atoms with Gasteiger partial charge in [-0.3, -0.25) is 4.79 Å². The monoisotopic (exact) mass is 463 g/mol. The van der Waals surface area contributed by atoms with Crippen LogP contribution in [0.25, 0.3) is 21.5 Å². The molecule has 0 bridgehead atoms. The Morgan fingerprint density at radius 3 is 2.81 bits per heavy atom. The summed E-state index contributed by atoms with van der Waals surface area (Å²) in [5, 5.41) is 6.31. The van der Waals surface area contributed by atoms with Crippen molar-refractivity contribution < 1.29 is 14.3 Å². The van der Waals surface area contributed by atoms with Gasteiger partial charge in [0.1, 0.15) is 5.00 Å². The first-order valence-electron chi connectivity index (χ1n) is 10.2. The van der Waals surface area contributed by atoms with Gasteiger partial charge in [-0.15, -0.1) is 22.7 Å². The van der Waals surface area contributed by atoms with Crippen molar-refractivity contribution in [2.24, 2.45) is 0 Å². The number of rotatable bonds is 4. The third-order valence-electron chi connectivity index (χ3n) is 5.60. The zero-order valence-electron chi connectivity index (χ0n) is 17.7. The first-order chi connectivity index (χ1) is 15.5. The Balaban J connectivity index is 1.58. The number of methoxy groups -OCH3 is 1. The molecule has 4 heterocycles. The highest BCUT2D eigenvalue weighted by Gasteiger charge is 2.29. The number of aromatic nitrogens is 1. The van der Waals surface area contributed by atoms with Crippen LogP contribution in [-0.2, 0) is 17.7 Å². The van der Waals surface area contributed by atoms with E-state index in [1.807, 2.05) is 54.9 Å². The standard InChI is InChI=1S/C24H21N3O3S2/c1-27-10-9-15-20(13-27)32-23(21(15)24(29)30-2)26-22(28)16-12-18(19-8-5-11-31-19)25-17-7-4-3-6-14(16)17/h3-8,11-12H,9-10,13H2,1-2H3,(H,26,28). The van der Waals surface area contributed by atoms with Gasteiger partial charge in [-0.1, -0.05) is 24.3 Å². The minimum Gasteiger partial charge on any atom is -0.465 e. The Bertz CT molecular complexity index is 1330. The molecule has 1 amide bonds. The lowest BCUT2D eigenvalue weighted by atomic mass is 10.0. The lowest BCUT2D eigenvalue weighted by molar-refractivity contribution is 0.0600. The van der Waals surface area contributed by atoms with Crippen molar-refractivity contribution in [1.29, 1.82) is 0 Å². The Morgan fingerprint density at radius 2 is 2.03 bits per heavy atom. The van der Waals surface area contributed by atoms with Gasteiger partial charge in [0.15, 0.2) is 0 Å². The van der Waals surface area contributed by atoms with Gasteiger partial charge in [-0.25, -0.2) is 9.78 Å². The number of nitrogens with one attached hydrogen (secondary N) is 1. The van der Waals surface area contributed by atoms with Crippen LogP contribution < -0.4 is 5.32 Å². The average molecular weight is 464 g/mol. The highest BCUT2D eigenvalue weighted by atomic mass is 32.1. The summed E-state index contributed by atoms with van der Waals surface area (Å²) in [5.74, 6) is -0.681. The smallest absolute Gasteiger partial charge is 0.341 e. The quantitative estimate of drug-likeness (QED) is 0.429. The first kappa shape index (κ1) is 20.8. The van der Waals surface area contributed by atoms with Crippen LogP contribution >= 0.6 is 22.7 Å². The number of benzene rings is 1. The number of fused-ring (bicyclic) bond motifs is 2. The number of para-hydroxylation sites is 1. The summed E-state index contributed by atoms with van der Waals surface area (Å²) >= 11 is 3.03. The van der Waals surface area contributed by atoms with E-state index < -0.39 is 5.97 Å². The van der Waals surface area contributed by atoms with E-state index in [9.17, 15) is 9.59 Å². The lowest BCUT2D eigenvalue weighted by Gasteiger charge is -2.22.